The van der Waals surface area contributed by atoms with Gasteiger partial charge in [0.1, 0.15) is 0 Å². The molecule has 30 heavy (non-hydrogen) atoms. The second kappa shape index (κ2) is 16.3. The van der Waals surface area contributed by atoms with E-state index < -0.39 is 0 Å². The van der Waals surface area contributed by atoms with Gasteiger partial charge in [0.2, 0.25) is 0 Å². The topological polar surface area (TPSA) is 19.0 Å². The van der Waals surface area contributed by atoms with Crippen molar-refractivity contribution in [3.05, 3.63) is 30.5 Å². The van der Waals surface area contributed by atoms with Crippen LogP contribution in [0.1, 0.15) is 117 Å². The van der Waals surface area contributed by atoms with E-state index in [4.69, 9.17) is 0 Å². The second-order valence-corrected chi connectivity index (χ2v) is 9.15. The maximum absolute atomic E-state index is 3.39. The van der Waals surface area contributed by atoms with Crippen molar-refractivity contribution in [2.75, 3.05) is 18.0 Å². The summed E-state index contributed by atoms with van der Waals surface area (Å²) in [4.78, 5) is 6.06. The molecule has 170 valence electrons. The highest BCUT2D eigenvalue weighted by Gasteiger charge is 2.10. The number of nitrogens with zero attached hydrogens (tertiary/aromatic N) is 1. The van der Waals surface area contributed by atoms with Gasteiger partial charge in [-0.25, -0.2) is 0 Å². The highest BCUT2D eigenvalue weighted by Crippen LogP contribution is 2.27. The molecule has 0 saturated carbocycles. The highest BCUT2D eigenvalue weighted by atomic mass is 15.1. The van der Waals surface area contributed by atoms with Crippen molar-refractivity contribution in [1.29, 1.82) is 0 Å². The first-order chi connectivity index (χ1) is 14.9. The number of rotatable bonds is 19. The standard InChI is InChI=1S/C28H48N2/c1-3-5-7-9-11-13-15-17-24-30(25-18-16-14-12-10-8-6-4-2)28-21-19-20-27-26(28)22-23-29-27/h19-23,29H,3-18,24-25H2,1-2H3. The zero-order chi connectivity index (χ0) is 21.3. The van der Waals surface area contributed by atoms with Crippen LogP contribution in [0.5, 0.6) is 0 Å². The Balaban J connectivity index is 1.75. The van der Waals surface area contributed by atoms with Crippen molar-refractivity contribution in [3.63, 3.8) is 0 Å². The molecule has 2 nitrogen and oxygen atoms in total. The Kier molecular flexibility index (Phi) is 13.5. The summed E-state index contributed by atoms with van der Waals surface area (Å²) in [5.74, 6) is 0. The lowest BCUT2D eigenvalue weighted by atomic mass is 10.1. The molecule has 0 aliphatic heterocycles. The highest BCUT2D eigenvalue weighted by molar-refractivity contribution is 5.92. The Bertz CT molecular complexity index is 625. The molecule has 2 heteroatoms. The quantitative estimate of drug-likeness (QED) is 0.228. The molecule has 2 aromatic rings. The van der Waals surface area contributed by atoms with E-state index in [1.807, 2.05) is 0 Å². The summed E-state index contributed by atoms with van der Waals surface area (Å²) < 4.78 is 0. The van der Waals surface area contributed by atoms with E-state index in [2.05, 4.69) is 54.2 Å². The smallest absolute Gasteiger partial charge is 0.0474 e. The van der Waals surface area contributed by atoms with Gasteiger partial charge in [-0.05, 0) is 31.0 Å². The lowest BCUT2D eigenvalue weighted by Crippen LogP contribution is -2.25. The fourth-order valence-corrected chi connectivity index (χ4v) is 4.57. The molecule has 0 aliphatic rings. The minimum Gasteiger partial charge on any atom is -0.371 e. The number of benzene rings is 1. The van der Waals surface area contributed by atoms with Crippen LogP contribution in [-0.2, 0) is 0 Å². The van der Waals surface area contributed by atoms with E-state index in [-0.39, 0.29) is 0 Å². The molecule has 2 rings (SSSR count). The number of fused-ring (bicyclic) bond motifs is 1. The zero-order valence-corrected chi connectivity index (χ0v) is 20.1. The minimum atomic E-state index is 1.20. The molecule has 1 aromatic carbocycles. The van der Waals surface area contributed by atoms with Crippen molar-refractivity contribution >= 4 is 16.6 Å². The third kappa shape index (κ3) is 9.58. The largest absolute Gasteiger partial charge is 0.371 e. The summed E-state index contributed by atoms with van der Waals surface area (Å²) >= 11 is 0. The van der Waals surface area contributed by atoms with Crippen LogP contribution >= 0.6 is 0 Å². The van der Waals surface area contributed by atoms with Crippen LogP contribution in [0.3, 0.4) is 0 Å². The first-order valence-electron chi connectivity index (χ1n) is 13.2. The molecule has 1 N–H and O–H groups in total. The Hall–Kier alpha value is -1.44. The Labute approximate surface area is 186 Å². The van der Waals surface area contributed by atoms with Crippen LogP contribution in [0.25, 0.3) is 10.9 Å². The SMILES string of the molecule is CCCCCCCCCCN(CCCCCCCCCC)c1cccc2[nH]ccc12. The van der Waals surface area contributed by atoms with Crippen LogP contribution in [-0.4, -0.2) is 18.1 Å². The van der Waals surface area contributed by atoms with Crippen LogP contribution in [0.4, 0.5) is 5.69 Å². The number of nitrogens with one attached hydrogen (secondary N) is 1. The molecule has 0 aliphatic carbocycles. The molecule has 0 fully saturated rings. The van der Waals surface area contributed by atoms with Gasteiger partial charge in [0.05, 0.1) is 0 Å². The number of hydrogen-bond acceptors (Lipinski definition) is 1. The summed E-state index contributed by atoms with van der Waals surface area (Å²) in [5, 5.41) is 1.39. The number of H-pyrrole nitrogens is 1. The van der Waals surface area contributed by atoms with Gasteiger partial charge in [-0.3, -0.25) is 0 Å². The fraction of sp³-hybridized carbons (Fsp3) is 0.714. The maximum atomic E-state index is 3.39. The Morgan fingerprint density at radius 1 is 0.600 bits per heavy atom. The first-order valence-corrected chi connectivity index (χ1v) is 13.2. The summed E-state index contributed by atoms with van der Waals surface area (Å²) in [6.45, 7) is 7.00. The van der Waals surface area contributed by atoms with Gasteiger partial charge in [-0.2, -0.15) is 0 Å². The monoisotopic (exact) mass is 412 g/mol. The van der Waals surface area contributed by atoms with Crippen molar-refractivity contribution in [2.24, 2.45) is 0 Å². The van der Waals surface area contributed by atoms with Gasteiger partial charge < -0.3 is 9.88 Å². The van der Waals surface area contributed by atoms with Crippen LogP contribution in [0.2, 0.25) is 0 Å². The average molecular weight is 413 g/mol. The molecular weight excluding hydrogens is 364 g/mol. The van der Waals surface area contributed by atoms with E-state index in [1.165, 1.54) is 132 Å². The molecular formula is C28H48N2. The predicted octanol–water partition coefficient (Wildman–Crippen LogP) is 9.26. The van der Waals surface area contributed by atoms with Crippen LogP contribution in [0, 0.1) is 0 Å². The van der Waals surface area contributed by atoms with E-state index in [1.54, 1.807) is 0 Å². The van der Waals surface area contributed by atoms with Gasteiger partial charge in [0, 0.05) is 35.9 Å². The number of aromatic nitrogens is 1. The molecule has 0 atom stereocenters. The van der Waals surface area contributed by atoms with Gasteiger partial charge in [-0.15, -0.1) is 0 Å². The van der Waals surface area contributed by atoms with Crippen molar-refractivity contribution in [2.45, 2.75) is 117 Å². The van der Waals surface area contributed by atoms with Crippen LogP contribution < -0.4 is 4.90 Å². The number of hydrogen-bond donors (Lipinski definition) is 1. The van der Waals surface area contributed by atoms with Gasteiger partial charge in [0.15, 0.2) is 0 Å². The number of anilines is 1. The fourth-order valence-electron chi connectivity index (χ4n) is 4.57. The predicted molar refractivity (Wildman–Crippen MR) is 136 cm³/mol. The minimum absolute atomic E-state index is 1.20. The Morgan fingerprint density at radius 3 is 1.63 bits per heavy atom. The van der Waals surface area contributed by atoms with Crippen LogP contribution in [0.15, 0.2) is 30.5 Å². The van der Waals surface area contributed by atoms with Gasteiger partial charge in [0.25, 0.3) is 0 Å². The summed E-state index contributed by atoms with van der Waals surface area (Å²) in [6.07, 6.45) is 24.4. The molecule has 0 amide bonds. The van der Waals surface area contributed by atoms with Crippen molar-refractivity contribution in [1.82, 2.24) is 4.98 Å². The summed E-state index contributed by atoms with van der Waals surface area (Å²) in [6, 6.07) is 8.98. The summed E-state index contributed by atoms with van der Waals surface area (Å²) in [7, 11) is 0. The number of unbranched alkanes of at least 4 members (excludes halogenated alkanes) is 14. The van der Waals surface area contributed by atoms with E-state index in [9.17, 15) is 0 Å². The zero-order valence-electron chi connectivity index (χ0n) is 20.1. The van der Waals surface area contributed by atoms with E-state index >= 15 is 0 Å². The lowest BCUT2D eigenvalue weighted by molar-refractivity contribution is 0.555. The summed E-state index contributed by atoms with van der Waals surface area (Å²) in [5.41, 5.74) is 2.70. The number of aromatic amines is 1. The third-order valence-corrected chi connectivity index (χ3v) is 6.48. The van der Waals surface area contributed by atoms with E-state index in [0.717, 1.165) is 0 Å². The first kappa shape index (κ1) is 24.8. The molecule has 0 saturated heterocycles. The van der Waals surface area contributed by atoms with E-state index in [0.29, 0.717) is 0 Å². The van der Waals surface area contributed by atoms with Crippen molar-refractivity contribution in [3.8, 4) is 0 Å². The Morgan fingerprint density at radius 2 is 1.10 bits per heavy atom. The molecule has 1 aromatic heterocycles. The van der Waals surface area contributed by atoms with Crippen molar-refractivity contribution < 1.29 is 0 Å². The third-order valence-electron chi connectivity index (χ3n) is 6.48. The lowest BCUT2D eigenvalue weighted by Gasteiger charge is -2.26. The maximum Gasteiger partial charge on any atom is 0.0474 e. The van der Waals surface area contributed by atoms with Gasteiger partial charge in [-0.1, -0.05) is 110 Å². The normalized spacial score (nSPS) is 11.4. The molecule has 1 heterocycles. The molecule has 0 bridgehead atoms. The second-order valence-electron chi connectivity index (χ2n) is 9.15. The molecule has 0 radical (unpaired) electrons. The average Bonchev–Trinajstić information content (AvgIpc) is 3.25. The van der Waals surface area contributed by atoms with Gasteiger partial charge >= 0.3 is 0 Å². The molecule has 0 spiro atoms. The molecule has 0 unspecified atom stereocenters.